The SMILES string of the molecule is Cc1ccc(-c2ccc(-c3ccc(C(=O)NC4CC5CCC4N5)o3)cc2)o1. The van der Waals surface area contributed by atoms with E-state index in [0.29, 0.717) is 23.6 Å². The highest BCUT2D eigenvalue weighted by Gasteiger charge is 2.39. The van der Waals surface area contributed by atoms with Gasteiger partial charge in [0.05, 0.1) is 0 Å². The van der Waals surface area contributed by atoms with Crippen LogP contribution in [0, 0.1) is 6.92 Å². The number of aryl methyl sites for hydroxylation is 1. The molecule has 2 N–H and O–H groups in total. The highest BCUT2D eigenvalue weighted by Crippen LogP contribution is 2.30. The van der Waals surface area contributed by atoms with E-state index in [0.717, 1.165) is 35.5 Å². The van der Waals surface area contributed by atoms with Crippen LogP contribution in [-0.4, -0.2) is 24.0 Å². The summed E-state index contributed by atoms with van der Waals surface area (Å²) >= 11 is 0. The lowest BCUT2D eigenvalue weighted by Gasteiger charge is -2.20. The fourth-order valence-electron chi connectivity index (χ4n) is 4.23. The Morgan fingerprint density at radius 2 is 1.67 bits per heavy atom. The largest absolute Gasteiger partial charge is 0.461 e. The summed E-state index contributed by atoms with van der Waals surface area (Å²) in [6, 6.07) is 16.6. The Kier molecular flexibility index (Phi) is 3.90. The van der Waals surface area contributed by atoms with E-state index in [2.05, 4.69) is 10.6 Å². The maximum absolute atomic E-state index is 12.5. The van der Waals surface area contributed by atoms with Crippen LogP contribution >= 0.6 is 0 Å². The number of hydrogen-bond donors (Lipinski definition) is 2. The summed E-state index contributed by atoms with van der Waals surface area (Å²) in [6.45, 7) is 1.93. The molecule has 2 bridgehead atoms. The van der Waals surface area contributed by atoms with Gasteiger partial charge in [-0.25, -0.2) is 0 Å². The molecule has 2 saturated heterocycles. The second-order valence-electron chi connectivity index (χ2n) is 7.51. The number of carbonyl (C=O) groups excluding carboxylic acids is 1. The summed E-state index contributed by atoms with van der Waals surface area (Å²) in [4.78, 5) is 12.5. The van der Waals surface area contributed by atoms with Crippen molar-refractivity contribution < 1.29 is 13.6 Å². The summed E-state index contributed by atoms with van der Waals surface area (Å²) in [6.07, 6.45) is 3.37. The predicted molar refractivity (Wildman–Crippen MR) is 102 cm³/mol. The molecule has 2 aromatic heterocycles. The van der Waals surface area contributed by atoms with Gasteiger partial charge in [-0.15, -0.1) is 0 Å². The first-order valence-corrected chi connectivity index (χ1v) is 9.50. The molecule has 0 radical (unpaired) electrons. The summed E-state index contributed by atoms with van der Waals surface area (Å²) in [5.74, 6) is 2.65. The van der Waals surface area contributed by atoms with Crippen LogP contribution < -0.4 is 10.6 Å². The van der Waals surface area contributed by atoms with E-state index >= 15 is 0 Å². The van der Waals surface area contributed by atoms with Crippen LogP contribution in [-0.2, 0) is 0 Å². The van der Waals surface area contributed by atoms with E-state index in [9.17, 15) is 4.79 Å². The molecule has 3 atom stereocenters. The zero-order valence-electron chi connectivity index (χ0n) is 15.2. The van der Waals surface area contributed by atoms with Crippen LogP contribution in [0.2, 0.25) is 0 Å². The molecule has 4 heterocycles. The fraction of sp³-hybridized carbons (Fsp3) is 0.318. The lowest BCUT2D eigenvalue weighted by molar-refractivity contribution is 0.0903. The third-order valence-corrected chi connectivity index (χ3v) is 5.64. The number of furan rings is 2. The minimum atomic E-state index is -0.136. The predicted octanol–water partition coefficient (Wildman–Crippen LogP) is 4.14. The van der Waals surface area contributed by atoms with E-state index < -0.39 is 0 Å². The van der Waals surface area contributed by atoms with Gasteiger partial charge in [0.2, 0.25) is 0 Å². The maximum Gasteiger partial charge on any atom is 0.287 e. The topological polar surface area (TPSA) is 67.4 Å². The van der Waals surface area contributed by atoms with Crippen molar-refractivity contribution in [3.8, 4) is 22.6 Å². The number of nitrogens with one attached hydrogen (secondary N) is 2. The smallest absolute Gasteiger partial charge is 0.287 e. The summed E-state index contributed by atoms with van der Waals surface area (Å²) in [7, 11) is 0. The molecule has 5 heteroatoms. The van der Waals surface area contributed by atoms with Crippen molar-refractivity contribution >= 4 is 5.91 Å². The molecule has 5 nitrogen and oxygen atoms in total. The van der Waals surface area contributed by atoms with Gasteiger partial charge < -0.3 is 19.5 Å². The second-order valence-corrected chi connectivity index (χ2v) is 7.51. The first kappa shape index (κ1) is 16.4. The van der Waals surface area contributed by atoms with E-state index in [1.165, 1.54) is 6.42 Å². The first-order chi connectivity index (χ1) is 13.2. The molecule has 0 saturated carbocycles. The van der Waals surface area contributed by atoms with Crippen molar-refractivity contribution in [1.29, 1.82) is 0 Å². The van der Waals surface area contributed by atoms with Crippen LogP contribution in [0.1, 0.15) is 35.6 Å². The molecule has 1 aromatic carbocycles. The van der Waals surface area contributed by atoms with Crippen molar-refractivity contribution in [2.75, 3.05) is 0 Å². The van der Waals surface area contributed by atoms with Crippen molar-refractivity contribution in [1.82, 2.24) is 10.6 Å². The molecule has 3 aromatic rings. The average molecular weight is 362 g/mol. The molecule has 1 amide bonds. The first-order valence-electron chi connectivity index (χ1n) is 9.50. The molecule has 2 fully saturated rings. The van der Waals surface area contributed by atoms with E-state index in [1.54, 1.807) is 6.07 Å². The van der Waals surface area contributed by atoms with E-state index in [-0.39, 0.29) is 11.9 Å². The zero-order chi connectivity index (χ0) is 18.4. The Balaban J connectivity index is 1.29. The van der Waals surface area contributed by atoms with Gasteiger partial charge in [-0.2, -0.15) is 0 Å². The van der Waals surface area contributed by atoms with Gasteiger partial charge in [0.1, 0.15) is 17.3 Å². The highest BCUT2D eigenvalue weighted by molar-refractivity contribution is 5.92. The Bertz CT molecular complexity index is 970. The molecule has 3 unspecified atom stereocenters. The van der Waals surface area contributed by atoms with Gasteiger partial charge in [-0.3, -0.25) is 4.79 Å². The van der Waals surface area contributed by atoms with Gasteiger partial charge >= 0.3 is 0 Å². The average Bonchev–Trinajstić information content (AvgIpc) is 3.46. The highest BCUT2D eigenvalue weighted by atomic mass is 16.4. The molecule has 5 rings (SSSR count). The van der Waals surface area contributed by atoms with Crippen molar-refractivity contribution in [3.63, 3.8) is 0 Å². The number of rotatable bonds is 4. The molecule has 2 aliphatic heterocycles. The van der Waals surface area contributed by atoms with Crippen LogP contribution in [0.4, 0.5) is 0 Å². The van der Waals surface area contributed by atoms with Crippen molar-refractivity contribution in [2.45, 2.75) is 44.3 Å². The third-order valence-electron chi connectivity index (χ3n) is 5.64. The fourth-order valence-corrected chi connectivity index (χ4v) is 4.23. The zero-order valence-corrected chi connectivity index (χ0v) is 15.2. The Labute approximate surface area is 157 Å². The number of fused-ring (bicyclic) bond motifs is 2. The lowest BCUT2D eigenvalue weighted by atomic mass is 9.95. The van der Waals surface area contributed by atoms with Gasteiger partial charge in [0.25, 0.3) is 5.91 Å². The normalized spacial score (nSPS) is 23.7. The number of benzene rings is 1. The molecule has 2 aliphatic rings. The summed E-state index contributed by atoms with van der Waals surface area (Å²) in [5.41, 5.74) is 1.95. The maximum atomic E-state index is 12.5. The third kappa shape index (κ3) is 3.08. The summed E-state index contributed by atoms with van der Waals surface area (Å²) in [5, 5.41) is 6.65. The minimum absolute atomic E-state index is 0.136. The standard InChI is InChI=1S/C22H22N2O3/c1-13-2-9-19(26-13)14-3-5-15(6-4-14)20-10-11-21(27-20)22(25)24-18-12-16-7-8-17(18)23-16/h2-6,9-11,16-18,23H,7-8,12H2,1H3,(H,24,25). The monoisotopic (exact) mass is 362 g/mol. The van der Waals surface area contributed by atoms with Gasteiger partial charge in [0, 0.05) is 29.3 Å². The molecule has 27 heavy (non-hydrogen) atoms. The number of amides is 1. The van der Waals surface area contributed by atoms with Crippen LogP contribution in [0.25, 0.3) is 22.6 Å². The number of hydrogen-bond acceptors (Lipinski definition) is 4. The molecule has 138 valence electrons. The van der Waals surface area contributed by atoms with E-state index in [1.807, 2.05) is 49.4 Å². The molecular weight excluding hydrogens is 340 g/mol. The van der Waals surface area contributed by atoms with Crippen LogP contribution in [0.3, 0.4) is 0 Å². The second kappa shape index (κ2) is 6.43. The van der Waals surface area contributed by atoms with Gasteiger partial charge in [0.15, 0.2) is 5.76 Å². The van der Waals surface area contributed by atoms with Crippen molar-refractivity contribution in [3.05, 3.63) is 60.1 Å². The molecule has 0 aliphatic carbocycles. The Morgan fingerprint density at radius 3 is 2.26 bits per heavy atom. The van der Waals surface area contributed by atoms with Gasteiger partial charge in [-0.05, 0) is 50.5 Å². The minimum Gasteiger partial charge on any atom is -0.461 e. The van der Waals surface area contributed by atoms with Crippen molar-refractivity contribution in [2.24, 2.45) is 0 Å². The lowest BCUT2D eigenvalue weighted by Crippen LogP contribution is -2.42. The molecular formula is C22H22N2O3. The number of carbonyl (C=O) groups is 1. The molecule has 0 spiro atoms. The van der Waals surface area contributed by atoms with Crippen LogP contribution in [0.5, 0.6) is 0 Å². The van der Waals surface area contributed by atoms with E-state index in [4.69, 9.17) is 8.83 Å². The van der Waals surface area contributed by atoms with Gasteiger partial charge in [-0.1, -0.05) is 24.3 Å². The summed E-state index contributed by atoms with van der Waals surface area (Å²) < 4.78 is 11.5. The Hall–Kier alpha value is -2.79. The quantitative estimate of drug-likeness (QED) is 0.732. The van der Waals surface area contributed by atoms with Crippen LogP contribution in [0.15, 0.2) is 57.4 Å². The Morgan fingerprint density at radius 1 is 0.963 bits per heavy atom.